The monoisotopic (exact) mass is 523 g/mol. The Bertz CT molecular complexity index is 1150. The Hall–Kier alpha value is -2.82. The SMILES string of the molecule is CC(=O)Nc1ccc(S(=O)(=O)Oc2ccc(Cl)cc2CN(C[C@H]2CCCO2)C(=O)NC(C)C)cc1. The summed E-state index contributed by atoms with van der Waals surface area (Å²) in [6, 6.07) is 9.83. The predicted molar refractivity (Wildman–Crippen MR) is 133 cm³/mol. The molecule has 2 N–H and O–H groups in total. The van der Waals surface area contributed by atoms with Gasteiger partial charge < -0.3 is 24.5 Å². The first-order valence-electron chi connectivity index (χ1n) is 11.3. The lowest BCUT2D eigenvalue weighted by atomic mass is 10.1. The molecule has 2 aromatic carbocycles. The highest BCUT2D eigenvalue weighted by Crippen LogP contribution is 2.28. The third-order valence-corrected chi connectivity index (χ3v) is 6.68. The van der Waals surface area contributed by atoms with Crippen molar-refractivity contribution in [1.29, 1.82) is 0 Å². The van der Waals surface area contributed by atoms with Gasteiger partial charge in [-0.2, -0.15) is 8.42 Å². The fourth-order valence-electron chi connectivity index (χ4n) is 3.62. The molecule has 0 unspecified atom stereocenters. The number of halogens is 1. The topological polar surface area (TPSA) is 114 Å². The quantitative estimate of drug-likeness (QED) is 0.477. The molecule has 2 aromatic rings. The number of carbonyl (C=O) groups excluding carboxylic acids is 2. The van der Waals surface area contributed by atoms with Gasteiger partial charge in [-0.15, -0.1) is 0 Å². The maximum atomic E-state index is 13.0. The molecule has 0 spiro atoms. The third-order valence-electron chi connectivity index (χ3n) is 5.19. The van der Waals surface area contributed by atoms with Crippen LogP contribution in [0.5, 0.6) is 5.75 Å². The fraction of sp³-hybridized carbons (Fsp3) is 0.417. The highest BCUT2D eigenvalue weighted by molar-refractivity contribution is 7.87. The molecule has 0 aromatic heterocycles. The molecule has 3 amide bonds. The van der Waals surface area contributed by atoms with Gasteiger partial charge in [-0.05, 0) is 69.2 Å². The fourth-order valence-corrected chi connectivity index (χ4v) is 4.78. The van der Waals surface area contributed by atoms with Crippen LogP contribution >= 0.6 is 11.6 Å². The number of nitrogens with zero attached hydrogens (tertiary/aromatic N) is 1. The van der Waals surface area contributed by atoms with Gasteiger partial charge in [0.05, 0.1) is 12.6 Å². The second kappa shape index (κ2) is 11.7. The predicted octanol–water partition coefficient (Wildman–Crippen LogP) is 4.17. The van der Waals surface area contributed by atoms with E-state index < -0.39 is 10.1 Å². The van der Waals surface area contributed by atoms with Crippen LogP contribution in [0, 0.1) is 0 Å². The van der Waals surface area contributed by atoms with Gasteiger partial charge >= 0.3 is 16.1 Å². The number of amides is 3. The van der Waals surface area contributed by atoms with E-state index in [0.717, 1.165) is 12.8 Å². The molecule has 35 heavy (non-hydrogen) atoms. The van der Waals surface area contributed by atoms with Crippen molar-refractivity contribution in [2.45, 2.75) is 57.2 Å². The summed E-state index contributed by atoms with van der Waals surface area (Å²) in [5.74, 6) is -0.202. The van der Waals surface area contributed by atoms with E-state index in [2.05, 4.69) is 10.6 Å². The van der Waals surface area contributed by atoms with Crippen molar-refractivity contribution < 1.29 is 26.9 Å². The number of hydrogen-bond donors (Lipinski definition) is 2. The Morgan fingerprint density at radius 3 is 2.51 bits per heavy atom. The van der Waals surface area contributed by atoms with Crippen LogP contribution < -0.4 is 14.8 Å². The second-order valence-electron chi connectivity index (χ2n) is 8.61. The number of hydrogen-bond acceptors (Lipinski definition) is 6. The van der Waals surface area contributed by atoms with Gasteiger partial charge in [-0.25, -0.2) is 4.79 Å². The Labute approximate surface area is 210 Å². The molecule has 1 aliphatic heterocycles. The summed E-state index contributed by atoms with van der Waals surface area (Å²) in [4.78, 5) is 25.6. The maximum Gasteiger partial charge on any atom is 0.339 e. The van der Waals surface area contributed by atoms with Crippen LogP contribution in [0.25, 0.3) is 0 Å². The molecule has 0 radical (unpaired) electrons. The lowest BCUT2D eigenvalue weighted by Gasteiger charge is -2.27. The van der Waals surface area contributed by atoms with Gasteiger partial charge in [0, 0.05) is 42.4 Å². The van der Waals surface area contributed by atoms with Crippen molar-refractivity contribution in [2.75, 3.05) is 18.5 Å². The summed E-state index contributed by atoms with van der Waals surface area (Å²) in [5.41, 5.74) is 0.900. The van der Waals surface area contributed by atoms with Crippen LogP contribution in [0.3, 0.4) is 0 Å². The van der Waals surface area contributed by atoms with Gasteiger partial charge in [-0.1, -0.05) is 11.6 Å². The summed E-state index contributed by atoms with van der Waals surface area (Å²) >= 11 is 6.20. The van der Waals surface area contributed by atoms with Gasteiger partial charge in [-0.3, -0.25) is 4.79 Å². The highest BCUT2D eigenvalue weighted by Gasteiger charge is 2.26. The molecule has 3 rings (SSSR count). The van der Waals surface area contributed by atoms with Gasteiger partial charge in [0.25, 0.3) is 0 Å². The molecular weight excluding hydrogens is 494 g/mol. The third kappa shape index (κ3) is 7.84. The zero-order valence-corrected chi connectivity index (χ0v) is 21.5. The Morgan fingerprint density at radius 1 is 1.20 bits per heavy atom. The standard InChI is InChI=1S/C24H30ClN3O6S/c1-16(2)26-24(30)28(15-21-5-4-12-33-21)14-18-13-19(25)6-11-23(18)34-35(31,32)22-9-7-20(8-10-22)27-17(3)29/h6-11,13,16,21H,4-5,12,14-15H2,1-3H3,(H,26,30)(H,27,29)/t21-/m1/s1. The molecule has 0 aliphatic carbocycles. The number of urea groups is 1. The first-order chi connectivity index (χ1) is 16.5. The average Bonchev–Trinajstić information content (AvgIpc) is 3.28. The normalized spacial score (nSPS) is 15.6. The maximum absolute atomic E-state index is 13.0. The van der Waals surface area contributed by atoms with E-state index in [-0.39, 0.29) is 41.3 Å². The number of rotatable bonds is 9. The van der Waals surface area contributed by atoms with Crippen LogP contribution in [-0.2, 0) is 26.2 Å². The highest BCUT2D eigenvalue weighted by atomic mass is 35.5. The van der Waals surface area contributed by atoms with Crippen molar-refractivity contribution in [3.05, 3.63) is 53.1 Å². The smallest absolute Gasteiger partial charge is 0.339 e. The van der Waals surface area contributed by atoms with Crippen molar-refractivity contribution in [2.24, 2.45) is 0 Å². The lowest BCUT2D eigenvalue weighted by Crippen LogP contribution is -2.45. The summed E-state index contributed by atoms with van der Waals surface area (Å²) in [5, 5.41) is 5.83. The molecule has 9 nitrogen and oxygen atoms in total. The van der Waals surface area contributed by atoms with Crippen LogP contribution in [-0.4, -0.2) is 50.6 Å². The minimum Gasteiger partial charge on any atom is -0.379 e. The van der Waals surface area contributed by atoms with Crippen molar-refractivity contribution in [3.63, 3.8) is 0 Å². The number of ether oxygens (including phenoxy) is 1. The number of anilines is 1. The zero-order valence-electron chi connectivity index (χ0n) is 19.9. The van der Waals surface area contributed by atoms with E-state index >= 15 is 0 Å². The van der Waals surface area contributed by atoms with Crippen LogP contribution in [0.2, 0.25) is 5.02 Å². The van der Waals surface area contributed by atoms with E-state index in [1.54, 1.807) is 11.0 Å². The van der Waals surface area contributed by atoms with Crippen molar-refractivity contribution in [1.82, 2.24) is 10.2 Å². The molecule has 1 atom stereocenters. The molecule has 1 aliphatic rings. The molecule has 0 bridgehead atoms. The van der Waals surface area contributed by atoms with Crippen molar-refractivity contribution in [3.8, 4) is 5.75 Å². The Balaban J connectivity index is 1.84. The molecule has 190 valence electrons. The van der Waals surface area contributed by atoms with E-state index in [4.69, 9.17) is 20.5 Å². The number of carbonyl (C=O) groups is 2. The first-order valence-corrected chi connectivity index (χ1v) is 13.1. The summed E-state index contributed by atoms with van der Waals surface area (Å²) < 4.78 is 37.1. The summed E-state index contributed by atoms with van der Waals surface area (Å²) in [6.45, 7) is 6.15. The first kappa shape index (κ1) is 26.8. The minimum absolute atomic E-state index is 0.0648. The molecule has 1 saturated heterocycles. The molecule has 0 saturated carbocycles. The molecule has 1 fully saturated rings. The van der Waals surface area contributed by atoms with E-state index in [0.29, 0.717) is 29.4 Å². The Kier molecular flexibility index (Phi) is 8.98. The largest absolute Gasteiger partial charge is 0.379 e. The van der Waals surface area contributed by atoms with Gasteiger partial charge in [0.1, 0.15) is 10.6 Å². The molecule has 11 heteroatoms. The zero-order chi connectivity index (χ0) is 25.6. The molecular formula is C24H30ClN3O6S. The van der Waals surface area contributed by atoms with E-state index in [9.17, 15) is 18.0 Å². The van der Waals surface area contributed by atoms with E-state index in [1.165, 1.54) is 43.3 Å². The van der Waals surface area contributed by atoms with Crippen molar-refractivity contribution >= 4 is 39.3 Å². The molecule has 1 heterocycles. The average molecular weight is 524 g/mol. The van der Waals surface area contributed by atoms with Crippen LogP contribution in [0.15, 0.2) is 47.4 Å². The number of nitrogens with one attached hydrogen (secondary N) is 2. The minimum atomic E-state index is -4.19. The second-order valence-corrected chi connectivity index (χ2v) is 10.6. The van der Waals surface area contributed by atoms with Gasteiger partial charge in [0.2, 0.25) is 5.91 Å². The summed E-state index contributed by atoms with van der Waals surface area (Å²) in [6.07, 6.45) is 1.67. The van der Waals surface area contributed by atoms with E-state index in [1.807, 2.05) is 13.8 Å². The van der Waals surface area contributed by atoms with Crippen LogP contribution in [0.1, 0.15) is 39.2 Å². The van der Waals surface area contributed by atoms with Crippen LogP contribution in [0.4, 0.5) is 10.5 Å². The Morgan fingerprint density at radius 2 is 1.91 bits per heavy atom. The van der Waals surface area contributed by atoms with Gasteiger partial charge in [0.15, 0.2) is 0 Å². The lowest BCUT2D eigenvalue weighted by molar-refractivity contribution is -0.114. The number of benzene rings is 2. The summed E-state index contributed by atoms with van der Waals surface area (Å²) in [7, 11) is -4.19.